The van der Waals surface area contributed by atoms with Crippen LogP contribution in [0.4, 0.5) is 13.2 Å². The van der Waals surface area contributed by atoms with Gasteiger partial charge >= 0.3 is 15.5 Å². The number of hydrogen-bond donors (Lipinski definition) is 2. The Labute approximate surface area is 163 Å². The molecule has 162 valence electrons. The summed E-state index contributed by atoms with van der Waals surface area (Å²) in [5, 5.41) is 6.38. The average Bonchev–Trinajstić information content (AvgIpc) is 3.12. The second-order valence-corrected chi connectivity index (χ2v) is 9.40. The van der Waals surface area contributed by atoms with Crippen molar-refractivity contribution in [3.8, 4) is 0 Å². The lowest BCUT2D eigenvalue weighted by molar-refractivity contribution is -0.0494. The first-order valence-corrected chi connectivity index (χ1v) is 11.0. The van der Waals surface area contributed by atoms with Gasteiger partial charge in [0.25, 0.3) is 0 Å². The molecule has 0 aliphatic carbocycles. The summed E-state index contributed by atoms with van der Waals surface area (Å²) in [5.74, 6) is 0.546. The van der Waals surface area contributed by atoms with Crippen molar-refractivity contribution in [3.05, 3.63) is 0 Å². The van der Waals surface area contributed by atoms with Gasteiger partial charge in [0, 0.05) is 45.3 Å². The molecule has 8 nitrogen and oxygen atoms in total. The van der Waals surface area contributed by atoms with Crippen LogP contribution in [0, 0.1) is 0 Å². The minimum Gasteiger partial charge on any atom is -0.373 e. The van der Waals surface area contributed by atoms with Gasteiger partial charge < -0.3 is 15.4 Å². The number of halogens is 3. The van der Waals surface area contributed by atoms with Gasteiger partial charge in [0.05, 0.1) is 12.7 Å². The zero-order valence-corrected chi connectivity index (χ0v) is 16.7. The van der Waals surface area contributed by atoms with Crippen molar-refractivity contribution in [3.63, 3.8) is 0 Å². The Morgan fingerprint density at radius 2 is 1.93 bits per heavy atom. The smallest absolute Gasteiger partial charge is 0.373 e. The van der Waals surface area contributed by atoms with Crippen molar-refractivity contribution >= 4 is 16.0 Å². The number of sulfonamides is 1. The maximum Gasteiger partial charge on any atom is 0.511 e. The molecule has 12 heteroatoms. The van der Waals surface area contributed by atoms with Crippen molar-refractivity contribution in [1.29, 1.82) is 0 Å². The lowest BCUT2D eigenvalue weighted by Gasteiger charge is -2.36. The highest BCUT2D eigenvalue weighted by molar-refractivity contribution is 7.90. The van der Waals surface area contributed by atoms with E-state index >= 15 is 0 Å². The maximum atomic E-state index is 12.6. The van der Waals surface area contributed by atoms with Gasteiger partial charge in [-0.25, -0.2) is 8.42 Å². The summed E-state index contributed by atoms with van der Waals surface area (Å²) < 4.78 is 67.3. The zero-order chi connectivity index (χ0) is 20.4. The van der Waals surface area contributed by atoms with E-state index in [-0.39, 0.29) is 38.1 Å². The molecule has 3 saturated heterocycles. The van der Waals surface area contributed by atoms with Gasteiger partial charge in [-0.15, -0.1) is 0 Å². The van der Waals surface area contributed by atoms with Crippen LogP contribution in [0.2, 0.25) is 0 Å². The maximum absolute atomic E-state index is 12.6. The van der Waals surface area contributed by atoms with E-state index in [1.54, 1.807) is 7.05 Å². The molecule has 0 radical (unpaired) electrons. The fourth-order valence-electron chi connectivity index (χ4n) is 3.99. The van der Waals surface area contributed by atoms with Crippen molar-refractivity contribution in [2.75, 3.05) is 46.4 Å². The molecule has 0 aromatic heterocycles. The largest absolute Gasteiger partial charge is 0.511 e. The third-order valence-electron chi connectivity index (χ3n) is 5.61. The summed E-state index contributed by atoms with van der Waals surface area (Å²) in [4.78, 5) is 6.60. The number of nitrogens with zero attached hydrogens (tertiary/aromatic N) is 3. The Kier molecular flexibility index (Phi) is 6.72. The second kappa shape index (κ2) is 8.72. The SMILES string of the molecule is CN=C(NCC1CN2CCCC2CO1)NC1CCN(S(=O)(=O)C(F)(F)F)CC1. The molecule has 0 spiro atoms. The molecular formula is C16H28F3N5O3S. The Bertz CT molecular complexity index is 665. The van der Waals surface area contributed by atoms with Gasteiger partial charge in [0.1, 0.15) is 0 Å². The van der Waals surface area contributed by atoms with E-state index in [1.165, 1.54) is 12.8 Å². The molecule has 2 N–H and O–H groups in total. The first kappa shape index (κ1) is 21.6. The Balaban J connectivity index is 1.42. The topological polar surface area (TPSA) is 86.3 Å². The minimum absolute atomic E-state index is 0.0617. The number of rotatable bonds is 4. The van der Waals surface area contributed by atoms with Gasteiger partial charge in [0.15, 0.2) is 5.96 Å². The quantitative estimate of drug-likeness (QED) is 0.497. The molecule has 3 fully saturated rings. The number of guanidine groups is 1. The third kappa shape index (κ3) is 4.89. The van der Waals surface area contributed by atoms with Gasteiger partial charge in [-0.2, -0.15) is 17.5 Å². The Morgan fingerprint density at radius 3 is 2.57 bits per heavy atom. The van der Waals surface area contributed by atoms with E-state index in [0.29, 0.717) is 22.9 Å². The summed E-state index contributed by atoms with van der Waals surface area (Å²) in [7, 11) is -3.63. The van der Waals surface area contributed by atoms with E-state index < -0.39 is 15.5 Å². The Morgan fingerprint density at radius 1 is 1.21 bits per heavy atom. The highest BCUT2D eigenvalue weighted by Gasteiger charge is 2.50. The van der Waals surface area contributed by atoms with Crippen LogP contribution in [0.25, 0.3) is 0 Å². The van der Waals surface area contributed by atoms with Crippen LogP contribution in [0.1, 0.15) is 25.7 Å². The van der Waals surface area contributed by atoms with Gasteiger partial charge in [-0.3, -0.25) is 9.89 Å². The summed E-state index contributed by atoms with van der Waals surface area (Å²) in [6, 6.07) is 0.396. The molecule has 3 rings (SSSR count). The number of nitrogens with one attached hydrogen (secondary N) is 2. The molecule has 3 aliphatic heterocycles. The van der Waals surface area contributed by atoms with Gasteiger partial charge in [-0.05, 0) is 32.2 Å². The standard InChI is InChI=1S/C16H28F3N5O3S/c1-20-15(21-9-14-10-23-6-2-3-13(23)11-27-14)22-12-4-7-24(8-5-12)28(25,26)16(17,18)19/h12-14H,2-11H2,1H3,(H2,20,21,22). The number of aliphatic imine (C=N–C) groups is 1. The van der Waals surface area contributed by atoms with Crippen LogP contribution in [0.3, 0.4) is 0 Å². The monoisotopic (exact) mass is 427 g/mol. The minimum atomic E-state index is -5.25. The lowest BCUT2D eigenvalue weighted by Crippen LogP contribution is -2.54. The Hall–Kier alpha value is -1.11. The average molecular weight is 427 g/mol. The fourth-order valence-corrected chi connectivity index (χ4v) is 4.98. The predicted octanol–water partition coefficient (Wildman–Crippen LogP) is 0.329. The van der Waals surface area contributed by atoms with Crippen LogP contribution in [-0.4, -0.2) is 93.7 Å². The highest BCUT2D eigenvalue weighted by Crippen LogP contribution is 2.29. The van der Waals surface area contributed by atoms with Crippen molar-refractivity contribution in [2.45, 2.75) is 49.4 Å². The van der Waals surface area contributed by atoms with Crippen LogP contribution in [-0.2, 0) is 14.8 Å². The van der Waals surface area contributed by atoms with Crippen molar-refractivity contribution in [2.24, 2.45) is 4.99 Å². The number of morpholine rings is 1. The van der Waals surface area contributed by atoms with Crippen LogP contribution in [0.5, 0.6) is 0 Å². The third-order valence-corrected chi connectivity index (χ3v) is 7.24. The summed E-state index contributed by atoms with van der Waals surface area (Å²) >= 11 is 0. The molecule has 2 unspecified atom stereocenters. The van der Waals surface area contributed by atoms with Crippen LogP contribution < -0.4 is 10.6 Å². The highest BCUT2D eigenvalue weighted by atomic mass is 32.2. The van der Waals surface area contributed by atoms with Crippen LogP contribution >= 0.6 is 0 Å². The van der Waals surface area contributed by atoms with E-state index in [0.717, 1.165) is 19.7 Å². The normalized spacial score (nSPS) is 28.9. The molecule has 2 atom stereocenters. The van der Waals surface area contributed by atoms with E-state index in [2.05, 4.69) is 20.5 Å². The van der Waals surface area contributed by atoms with Gasteiger partial charge in [-0.1, -0.05) is 0 Å². The molecule has 28 heavy (non-hydrogen) atoms. The zero-order valence-electron chi connectivity index (χ0n) is 15.9. The number of piperidine rings is 1. The van der Waals surface area contributed by atoms with Crippen LogP contribution in [0.15, 0.2) is 4.99 Å². The molecule has 0 bridgehead atoms. The van der Waals surface area contributed by atoms with E-state index in [4.69, 9.17) is 4.74 Å². The second-order valence-electron chi connectivity index (χ2n) is 7.47. The number of fused-ring (bicyclic) bond motifs is 1. The van der Waals surface area contributed by atoms with E-state index in [1.807, 2.05) is 0 Å². The van der Waals surface area contributed by atoms with Crippen molar-refractivity contribution < 1.29 is 26.3 Å². The lowest BCUT2D eigenvalue weighted by atomic mass is 10.1. The van der Waals surface area contributed by atoms with Gasteiger partial charge in [0.2, 0.25) is 0 Å². The molecule has 0 aromatic carbocycles. The molecule has 3 aliphatic rings. The first-order chi connectivity index (χ1) is 13.2. The predicted molar refractivity (Wildman–Crippen MR) is 98.4 cm³/mol. The molecular weight excluding hydrogens is 399 g/mol. The number of hydrogen-bond acceptors (Lipinski definition) is 5. The number of ether oxygens (including phenoxy) is 1. The fraction of sp³-hybridized carbons (Fsp3) is 0.938. The summed E-state index contributed by atoms with van der Waals surface area (Å²) in [6.45, 7) is 2.98. The molecule has 3 heterocycles. The molecule has 0 amide bonds. The first-order valence-electron chi connectivity index (χ1n) is 9.60. The van der Waals surface area contributed by atoms with E-state index in [9.17, 15) is 21.6 Å². The van der Waals surface area contributed by atoms with Crippen molar-refractivity contribution in [1.82, 2.24) is 19.8 Å². The number of alkyl halides is 3. The molecule has 0 aromatic rings. The molecule has 0 saturated carbocycles. The summed E-state index contributed by atoms with van der Waals surface area (Å²) in [5.41, 5.74) is -5.25. The summed E-state index contributed by atoms with van der Waals surface area (Å²) in [6.07, 6.45) is 3.02.